The third-order valence-electron chi connectivity index (χ3n) is 3.88. The van der Waals surface area contributed by atoms with Crippen molar-refractivity contribution in [3.8, 4) is 0 Å². The van der Waals surface area contributed by atoms with Crippen LogP contribution >= 0.6 is 0 Å². The highest BCUT2D eigenvalue weighted by Gasteiger charge is 2.99. The van der Waals surface area contributed by atoms with E-state index in [9.17, 15) is 52.7 Å². The minimum absolute atomic E-state index is 0.327. The fourth-order valence-electron chi connectivity index (χ4n) is 2.63. The van der Waals surface area contributed by atoms with E-state index in [0.29, 0.717) is 0 Å². The Morgan fingerprint density at radius 2 is 1.00 bits per heavy atom. The molecule has 21 heavy (non-hydrogen) atoms. The van der Waals surface area contributed by atoms with Crippen molar-refractivity contribution in [3.63, 3.8) is 0 Å². The predicted octanol–water partition coefficient (Wildman–Crippen LogP) is 5.25. The molecule has 12 heteroatoms. The van der Waals surface area contributed by atoms with Crippen LogP contribution in [0.1, 0.15) is 13.3 Å². The molecule has 1 saturated carbocycles. The van der Waals surface area contributed by atoms with Crippen LogP contribution in [0.3, 0.4) is 0 Å². The molecule has 0 N–H and O–H groups in total. The first kappa shape index (κ1) is 18.2. The molecule has 0 heterocycles. The van der Waals surface area contributed by atoms with Crippen molar-refractivity contribution >= 4 is 0 Å². The van der Waals surface area contributed by atoms with Gasteiger partial charge in [-0.05, 0) is 6.42 Å². The Morgan fingerprint density at radius 1 is 0.667 bits per heavy atom. The molecule has 0 aromatic heterocycles. The second-order valence-electron chi connectivity index (χ2n) is 4.81. The lowest BCUT2D eigenvalue weighted by Gasteiger charge is -2.35. The number of halogens is 12. The molecule has 1 aliphatic carbocycles. The van der Waals surface area contributed by atoms with Gasteiger partial charge in [0.2, 0.25) is 0 Å². The van der Waals surface area contributed by atoms with E-state index in [0.717, 1.165) is 0 Å². The molecule has 126 valence electrons. The third kappa shape index (κ3) is 2.16. The summed E-state index contributed by atoms with van der Waals surface area (Å²) in [6.07, 6.45) is -27.9. The van der Waals surface area contributed by atoms with Crippen LogP contribution in [0, 0.1) is 16.7 Å². The zero-order valence-corrected chi connectivity index (χ0v) is 9.82. The lowest BCUT2D eigenvalue weighted by Crippen LogP contribution is -2.52. The van der Waals surface area contributed by atoms with Crippen molar-refractivity contribution in [1.29, 1.82) is 0 Å². The summed E-state index contributed by atoms with van der Waals surface area (Å²) >= 11 is 0. The Balaban J connectivity index is 3.60. The van der Waals surface area contributed by atoms with E-state index >= 15 is 0 Å². The number of rotatable bonds is 1. The van der Waals surface area contributed by atoms with Gasteiger partial charge in [-0.3, -0.25) is 0 Å². The first-order valence-electron chi connectivity index (χ1n) is 5.13. The van der Waals surface area contributed by atoms with E-state index < -0.39 is 47.9 Å². The smallest absolute Gasteiger partial charge is 0.171 e. The van der Waals surface area contributed by atoms with Crippen LogP contribution in [-0.2, 0) is 0 Å². The van der Waals surface area contributed by atoms with Crippen LogP contribution in [0.15, 0.2) is 0 Å². The Labute approximate surface area is 109 Å². The number of hydrogen-bond donors (Lipinski definition) is 0. The van der Waals surface area contributed by atoms with Gasteiger partial charge in [0.1, 0.15) is 5.41 Å². The van der Waals surface area contributed by atoms with Crippen LogP contribution < -0.4 is 0 Å². The summed E-state index contributed by atoms with van der Waals surface area (Å²) in [5, 5.41) is 0. The van der Waals surface area contributed by atoms with Gasteiger partial charge in [0.05, 0.1) is 5.92 Å². The molecule has 0 aliphatic heterocycles. The molecule has 1 fully saturated rings. The second kappa shape index (κ2) is 4.12. The van der Waals surface area contributed by atoms with Crippen LogP contribution in [0.25, 0.3) is 0 Å². The Morgan fingerprint density at radius 3 is 1.14 bits per heavy atom. The summed E-state index contributed by atoms with van der Waals surface area (Å²) in [5.74, 6) is -3.85. The average molecular weight is 342 g/mol. The molecule has 0 radical (unpaired) electrons. The molecule has 0 nitrogen and oxygen atoms in total. The predicted molar refractivity (Wildman–Crippen MR) is 42.9 cm³/mol. The number of alkyl halides is 12. The van der Waals surface area contributed by atoms with E-state index in [-0.39, 0.29) is 6.92 Å². The maximum atomic E-state index is 12.7. The Kier molecular flexibility index (Phi) is 3.57. The molecule has 0 bridgehead atoms. The van der Waals surface area contributed by atoms with Crippen molar-refractivity contribution < 1.29 is 52.7 Å². The molecule has 0 amide bonds. The molecule has 0 spiro atoms. The average Bonchev–Trinajstić information content (AvgIpc) is 2.83. The monoisotopic (exact) mass is 342 g/mol. The molecule has 0 aromatic carbocycles. The van der Waals surface area contributed by atoms with E-state index in [1.165, 1.54) is 0 Å². The molecule has 0 aromatic rings. The highest BCUT2D eigenvalue weighted by molar-refractivity contribution is 5.26. The van der Waals surface area contributed by atoms with Crippen LogP contribution in [0.4, 0.5) is 52.7 Å². The van der Waals surface area contributed by atoms with Gasteiger partial charge in [-0.1, -0.05) is 6.92 Å². The SMILES string of the molecule is CC(C(F)(F)F)C1(C(F)(F)F)CC1(C(F)(F)F)C(F)(F)F. The Hall–Kier alpha value is -0.840. The molecule has 2 atom stereocenters. The topological polar surface area (TPSA) is 0 Å². The first-order chi connectivity index (χ1) is 8.86. The minimum Gasteiger partial charge on any atom is -0.171 e. The van der Waals surface area contributed by atoms with Crippen molar-refractivity contribution in [3.05, 3.63) is 0 Å². The fourth-order valence-corrected chi connectivity index (χ4v) is 2.63. The summed E-state index contributed by atoms with van der Waals surface area (Å²) in [7, 11) is 0. The summed E-state index contributed by atoms with van der Waals surface area (Å²) in [6.45, 7) is -0.327. The van der Waals surface area contributed by atoms with Gasteiger partial charge >= 0.3 is 24.7 Å². The molecule has 2 unspecified atom stereocenters. The second-order valence-corrected chi connectivity index (χ2v) is 4.81. The standard InChI is InChI=1S/C9H6F12/c1-3(6(10,11)12)4(7(13,14)15)2-5(4,8(16,17)18)9(19,20)21/h3H,2H2,1H3. The van der Waals surface area contributed by atoms with Gasteiger partial charge in [0, 0.05) is 0 Å². The highest BCUT2D eigenvalue weighted by atomic mass is 19.4. The molecule has 1 aliphatic rings. The minimum atomic E-state index is -6.51. The van der Waals surface area contributed by atoms with E-state index in [1.54, 1.807) is 0 Å². The lowest BCUT2D eigenvalue weighted by atomic mass is 9.80. The normalized spacial score (nSPS) is 28.4. The largest absolute Gasteiger partial charge is 0.404 e. The van der Waals surface area contributed by atoms with E-state index in [4.69, 9.17) is 0 Å². The van der Waals surface area contributed by atoms with Crippen molar-refractivity contribution in [1.82, 2.24) is 0 Å². The number of hydrogen-bond acceptors (Lipinski definition) is 0. The van der Waals surface area contributed by atoms with E-state index in [2.05, 4.69) is 0 Å². The zero-order chi connectivity index (χ0) is 17.3. The Bertz CT molecular complexity index is 392. The molecule has 1 rings (SSSR count). The van der Waals surface area contributed by atoms with Crippen LogP contribution in [0.2, 0.25) is 0 Å². The molecular formula is C9H6F12. The highest BCUT2D eigenvalue weighted by Crippen LogP contribution is 2.85. The summed E-state index contributed by atoms with van der Waals surface area (Å²) in [5.41, 5.74) is -10.4. The van der Waals surface area contributed by atoms with Gasteiger partial charge in [-0.2, -0.15) is 52.7 Å². The molecule has 0 saturated heterocycles. The van der Waals surface area contributed by atoms with Gasteiger partial charge in [-0.25, -0.2) is 0 Å². The van der Waals surface area contributed by atoms with Crippen molar-refractivity contribution in [2.75, 3.05) is 0 Å². The van der Waals surface area contributed by atoms with Gasteiger partial charge in [-0.15, -0.1) is 0 Å². The zero-order valence-electron chi connectivity index (χ0n) is 9.82. The first-order valence-corrected chi connectivity index (χ1v) is 5.13. The summed E-state index contributed by atoms with van der Waals surface area (Å²) < 4.78 is 151. The van der Waals surface area contributed by atoms with Crippen LogP contribution in [-0.4, -0.2) is 24.7 Å². The lowest BCUT2D eigenvalue weighted by molar-refractivity contribution is -0.356. The maximum absolute atomic E-state index is 12.7. The van der Waals surface area contributed by atoms with Gasteiger partial charge in [0.25, 0.3) is 0 Å². The fraction of sp³-hybridized carbons (Fsp3) is 1.00. The quantitative estimate of drug-likeness (QED) is 0.571. The molecular weight excluding hydrogens is 336 g/mol. The van der Waals surface area contributed by atoms with Crippen molar-refractivity contribution in [2.24, 2.45) is 16.7 Å². The summed E-state index contributed by atoms with van der Waals surface area (Å²) in [4.78, 5) is 0. The van der Waals surface area contributed by atoms with Crippen LogP contribution in [0.5, 0.6) is 0 Å². The van der Waals surface area contributed by atoms with Gasteiger partial charge < -0.3 is 0 Å². The van der Waals surface area contributed by atoms with E-state index in [1.807, 2.05) is 0 Å². The third-order valence-corrected chi connectivity index (χ3v) is 3.88. The maximum Gasteiger partial charge on any atom is 0.404 e. The van der Waals surface area contributed by atoms with Gasteiger partial charge in [0.15, 0.2) is 5.41 Å². The summed E-state index contributed by atoms with van der Waals surface area (Å²) in [6, 6.07) is 0. The van der Waals surface area contributed by atoms with Crippen molar-refractivity contribution in [2.45, 2.75) is 38.0 Å².